The van der Waals surface area contributed by atoms with E-state index in [2.05, 4.69) is 5.32 Å². The minimum Gasteiger partial charge on any atom is -0.294 e. The standard InChI is InChI=1S/C13H20N4O4.C12H18N4O4/c1-9(17-7-12(20)15(3)13(21)8-17)4-16-5-10(18)14(2)11(19)6-16;1-8(3-15-4-9(17)13-10(18)5-15)16-6-11(19)14(2)12(20)7-16/h9H,4-8H2,1-3H3;8H,3-7H2,1-2H3,(H,13,17,18)/t9-;8-/m00/s1. The lowest BCUT2D eigenvalue weighted by Gasteiger charge is -2.38. The zero-order valence-corrected chi connectivity index (χ0v) is 24.1. The zero-order chi connectivity index (χ0) is 30.6. The van der Waals surface area contributed by atoms with E-state index in [9.17, 15) is 38.4 Å². The molecule has 0 spiro atoms. The van der Waals surface area contributed by atoms with Crippen molar-refractivity contribution < 1.29 is 38.4 Å². The number of amides is 8. The summed E-state index contributed by atoms with van der Waals surface area (Å²) in [5, 5.41) is 2.23. The Balaban J connectivity index is 0.000000226. The van der Waals surface area contributed by atoms with Crippen LogP contribution in [0.1, 0.15) is 13.8 Å². The van der Waals surface area contributed by atoms with E-state index in [-0.39, 0.29) is 112 Å². The summed E-state index contributed by atoms with van der Waals surface area (Å²) in [6.07, 6.45) is 0. The van der Waals surface area contributed by atoms with Gasteiger partial charge >= 0.3 is 0 Å². The van der Waals surface area contributed by atoms with Crippen LogP contribution in [0.5, 0.6) is 0 Å². The molecule has 41 heavy (non-hydrogen) atoms. The largest absolute Gasteiger partial charge is 0.294 e. The Morgan fingerprint density at radius 2 is 0.756 bits per heavy atom. The molecule has 4 aliphatic rings. The van der Waals surface area contributed by atoms with E-state index in [0.29, 0.717) is 13.1 Å². The van der Waals surface area contributed by atoms with Crippen LogP contribution in [-0.2, 0) is 38.4 Å². The second kappa shape index (κ2) is 13.4. The maximum absolute atomic E-state index is 11.7. The number of hydrogen-bond donors (Lipinski definition) is 1. The predicted octanol–water partition coefficient (Wildman–Crippen LogP) is -4.39. The molecule has 16 nitrogen and oxygen atoms in total. The van der Waals surface area contributed by atoms with Gasteiger partial charge in [-0.2, -0.15) is 0 Å². The third-order valence-corrected chi connectivity index (χ3v) is 7.62. The maximum Gasteiger partial charge on any atom is 0.243 e. The van der Waals surface area contributed by atoms with Crippen LogP contribution in [0.4, 0.5) is 0 Å². The lowest BCUT2D eigenvalue weighted by molar-refractivity contribution is -0.153. The molecule has 2 atom stereocenters. The number of rotatable bonds is 6. The molecule has 8 amide bonds. The topological polar surface area (TPSA) is 171 Å². The van der Waals surface area contributed by atoms with Gasteiger partial charge in [0.1, 0.15) is 0 Å². The van der Waals surface area contributed by atoms with Gasteiger partial charge in [0.2, 0.25) is 47.3 Å². The van der Waals surface area contributed by atoms with Gasteiger partial charge in [-0.25, -0.2) is 0 Å². The Bertz CT molecular complexity index is 1060. The summed E-state index contributed by atoms with van der Waals surface area (Å²) in [6.45, 7) is 6.09. The van der Waals surface area contributed by atoms with Gasteiger partial charge in [0.15, 0.2) is 0 Å². The first-order valence-corrected chi connectivity index (χ1v) is 13.3. The molecule has 4 heterocycles. The molecule has 4 fully saturated rings. The summed E-state index contributed by atoms with van der Waals surface area (Å²) in [7, 11) is 4.42. The molecule has 4 rings (SSSR count). The first-order chi connectivity index (χ1) is 19.2. The molecule has 0 bridgehead atoms. The minimum atomic E-state index is -0.320. The van der Waals surface area contributed by atoms with Crippen LogP contribution >= 0.6 is 0 Å². The fourth-order valence-electron chi connectivity index (χ4n) is 4.86. The Kier molecular flexibility index (Phi) is 10.4. The maximum atomic E-state index is 11.7. The molecule has 0 unspecified atom stereocenters. The highest BCUT2D eigenvalue weighted by atomic mass is 16.2. The van der Waals surface area contributed by atoms with E-state index in [0.717, 1.165) is 14.7 Å². The van der Waals surface area contributed by atoms with Gasteiger partial charge in [-0.05, 0) is 13.8 Å². The van der Waals surface area contributed by atoms with Crippen LogP contribution < -0.4 is 5.32 Å². The number of carbonyl (C=O) groups is 8. The first kappa shape index (κ1) is 31.9. The van der Waals surface area contributed by atoms with Crippen molar-refractivity contribution in [2.24, 2.45) is 0 Å². The van der Waals surface area contributed by atoms with Gasteiger partial charge in [-0.1, -0.05) is 0 Å². The fraction of sp³-hybridized carbons (Fsp3) is 0.680. The predicted molar refractivity (Wildman–Crippen MR) is 141 cm³/mol. The lowest BCUT2D eigenvalue weighted by Crippen LogP contribution is -2.59. The van der Waals surface area contributed by atoms with Gasteiger partial charge in [0, 0.05) is 46.3 Å². The van der Waals surface area contributed by atoms with Gasteiger partial charge in [-0.15, -0.1) is 0 Å². The molecular weight excluding hydrogens is 540 g/mol. The normalized spacial score (nSPS) is 24.0. The molecule has 0 aromatic heterocycles. The minimum absolute atomic E-state index is 0.0874. The number of imide groups is 4. The SMILES string of the molecule is C[C@@H](CN1CC(=O)N(C)C(=O)C1)N1CC(=O)N(C)C(=O)C1.C[C@@H](CN1CC(=O)NC(=O)C1)N1CC(=O)N(C)C(=O)C1. The molecule has 16 heteroatoms. The van der Waals surface area contributed by atoms with Crippen LogP contribution in [0.2, 0.25) is 0 Å². The fourth-order valence-corrected chi connectivity index (χ4v) is 4.86. The summed E-state index contributed by atoms with van der Waals surface area (Å²) in [5.74, 6) is -2.04. The van der Waals surface area contributed by atoms with E-state index >= 15 is 0 Å². The molecule has 0 saturated carbocycles. The van der Waals surface area contributed by atoms with Crippen molar-refractivity contribution in [3.63, 3.8) is 0 Å². The number of piperazine rings is 4. The molecule has 0 aliphatic carbocycles. The summed E-state index contributed by atoms with van der Waals surface area (Å²) in [4.78, 5) is 103. The molecule has 0 aromatic rings. The average Bonchev–Trinajstić information content (AvgIpc) is 2.88. The van der Waals surface area contributed by atoms with E-state index in [4.69, 9.17) is 0 Å². The lowest BCUT2D eigenvalue weighted by atomic mass is 10.2. The monoisotopic (exact) mass is 578 g/mol. The summed E-state index contributed by atoms with van der Waals surface area (Å²) in [6, 6.07) is -0.175. The van der Waals surface area contributed by atoms with Crippen molar-refractivity contribution in [1.82, 2.24) is 39.6 Å². The van der Waals surface area contributed by atoms with Crippen LogP contribution in [-0.4, -0.2) is 180 Å². The van der Waals surface area contributed by atoms with Crippen LogP contribution in [0.15, 0.2) is 0 Å². The summed E-state index contributed by atoms with van der Waals surface area (Å²) >= 11 is 0. The van der Waals surface area contributed by atoms with Crippen molar-refractivity contribution in [3.8, 4) is 0 Å². The number of nitrogens with zero attached hydrogens (tertiary/aromatic N) is 7. The van der Waals surface area contributed by atoms with Crippen molar-refractivity contribution in [2.45, 2.75) is 25.9 Å². The van der Waals surface area contributed by atoms with Crippen molar-refractivity contribution in [2.75, 3.05) is 86.6 Å². The number of hydrogen-bond acceptors (Lipinski definition) is 12. The van der Waals surface area contributed by atoms with Crippen LogP contribution in [0.25, 0.3) is 0 Å². The highest BCUT2D eigenvalue weighted by molar-refractivity contribution is 6.01. The smallest absolute Gasteiger partial charge is 0.243 e. The molecule has 0 radical (unpaired) electrons. The van der Waals surface area contributed by atoms with Gasteiger partial charge < -0.3 is 0 Å². The Hall–Kier alpha value is -3.60. The van der Waals surface area contributed by atoms with Gasteiger partial charge in [0.05, 0.1) is 52.4 Å². The van der Waals surface area contributed by atoms with Crippen LogP contribution in [0, 0.1) is 0 Å². The summed E-state index contributed by atoms with van der Waals surface area (Å²) < 4.78 is 0. The third-order valence-electron chi connectivity index (χ3n) is 7.62. The Morgan fingerprint density at radius 3 is 1.07 bits per heavy atom. The van der Waals surface area contributed by atoms with E-state index in [1.165, 1.54) is 21.1 Å². The van der Waals surface area contributed by atoms with Crippen molar-refractivity contribution >= 4 is 47.3 Å². The van der Waals surface area contributed by atoms with Gasteiger partial charge in [0.25, 0.3) is 0 Å². The van der Waals surface area contributed by atoms with E-state index < -0.39 is 0 Å². The first-order valence-electron chi connectivity index (χ1n) is 13.3. The molecule has 4 aliphatic heterocycles. The second-order valence-electron chi connectivity index (χ2n) is 10.9. The number of carbonyl (C=O) groups excluding carboxylic acids is 8. The molecule has 1 N–H and O–H groups in total. The quantitative estimate of drug-likeness (QED) is 0.301. The average molecular weight is 579 g/mol. The Morgan fingerprint density at radius 1 is 0.488 bits per heavy atom. The van der Waals surface area contributed by atoms with Gasteiger partial charge in [-0.3, -0.25) is 78.0 Å². The number of likely N-dealkylation sites (N-methyl/N-ethyl adjacent to an activating group) is 3. The third kappa shape index (κ3) is 8.22. The summed E-state index contributed by atoms with van der Waals surface area (Å²) in [5.41, 5.74) is 0. The van der Waals surface area contributed by atoms with Crippen LogP contribution in [0.3, 0.4) is 0 Å². The zero-order valence-electron chi connectivity index (χ0n) is 24.1. The highest BCUT2D eigenvalue weighted by Crippen LogP contribution is 2.12. The Labute approximate surface area is 238 Å². The second-order valence-corrected chi connectivity index (χ2v) is 10.9. The molecule has 4 saturated heterocycles. The van der Waals surface area contributed by atoms with E-state index in [1.807, 2.05) is 13.8 Å². The van der Waals surface area contributed by atoms with Crippen molar-refractivity contribution in [3.05, 3.63) is 0 Å². The molecule has 0 aromatic carbocycles. The highest BCUT2D eigenvalue weighted by Gasteiger charge is 2.35. The molecular formula is C25H38N8O8. The van der Waals surface area contributed by atoms with E-state index in [1.54, 1.807) is 19.6 Å². The number of nitrogens with one attached hydrogen (secondary N) is 1. The molecule has 226 valence electrons. The van der Waals surface area contributed by atoms with Crippen molar-refractivity contribution in [1.29, 1.82) is 0 Å².